The van der Waals surface area contributed by atoms with Crippen LogP contribution < -0.4 is 0 Å². The second-order valence-electron chi connectivity index (χ2n) is 5.03. The van der Waals surface area contributed by atoms with Gasteiger partial charge in [-0.3, -0.25) is 0 Å². The summed E-state index contributed by atoms with van der Waals surface area (Å²) in [5, 5.41) is 1.13. The maximum Gasteiger partial charge on any atom is 0.192 e. The first-order valence-corrected chi connectivity index (χ1v) is 11.1. The van der Waals surface area contributed by atoms with Crippen LogP contribution in [0.15, 0.2) is 0 Å². The van der Waals surface area contributed by atoms with Gasteiger partial charge in [0.2, 0.25) is 0 Å². The quantitative estimate of drug-likeness (QED) is 0.328. The van der Waals surface area contributed by atoms with E-state index >= 15 is 0 Å². The molecule has 0 radical (unpaired) electrons. The van der Waals surface area contributed by atoms with Crippen molar-refractivity contribution in [3.63, 3.8) is 0 Å². The highest BCUT2D eigenvalue weighted by atomic mass is 79.9. The van der Waals surface area contributed by atoms with Gasteiger partial charge >= 0.3 is 0 Å². The minimum Gasteiger partial charge on any atom is -0.417 e. The van der Waals surface area contributed by atoms with Crippen molar-refractivity contribution in [3.8, 4) is 0 Å². The van der Waals surface area contributed by atoms with Gasteiger partial charge in [0.1, 0.15) is 0 Å². The topological polar surface area (TPSA) is 9.23 Å². The summed E-state index contributed by atoms with van der Waals surface area (Å²) in [5.41, 5.74) is 0. The fraction of sp³-hybridized carbons (Fsp3) is 1.00. The number of hydrogen-bond donors (Lipinski definition) is 0. The lowest BCUT2D eigenvalue weighted by Gasteiger charge is -2.31. The van der Waals surface area contributed by atoms with Crippen molar-refractivity contribution in [3.05, 3.63) is 0 Å². The van der Waals surface area contributed by atoms with E-state index in [2.05, 4.69) is 36.7 Å². The maximum atomic E-state index is 6.40. The summed E-state index contributed by atoms with van der Waals surface area (Å²) in [6.07, 6.45) is 7.81. The lowest BCUT2D eigenvalue weighted by Crippen LogP contribution is -2.38. The molecule has 0 fully saturated rings. The average molecular weight is 323 g/mol. The molecule has 0 saturated heterocycles. The molecule has 1 nitrogen and oxygen atoms in total. The van der Waals surface area contributed by atoms with Crippen LogP contribution in [0.3, 0.4) is 0 Å². The van der Waals surface area contributed by atoms with Gasteiger partial charge < -0.3 is 4.43 Å². The molecule has 0 aliphatic rings. The van der Waals surface area contributed by atoms with E-state index in [1.807, 2.05) is 0 Å². The lowest BCUT2D eigenvalue weighted by atomic mass is 10.4. The number of hydrogen-bond acceptors (Lipinski definition) is 1. The monoisotopic (exact) mass is 322 g/mol. The standard InChI is InChI=1S/C14H31BrOSi/c1-4-7-12-17(13-8-5-2,14-9-10-15)16-11-6-3/h4-14H2,1-3H3. The lowest BCUT2D eigenvalue weighted by molar-refractivity contribution is 0.294. The Hall–Kier alpha value is 0.657. The van der Waals surface area contributed by atoms with Crippen LogP contribution in [-0.2, 0) is 4.43 Å². The van der Waals surface area contributed by atoms with Gasteiger partial charge in [-0.25, -0.2) is 0 Å². The molecule has 0 aromatic heterocycles. The summed E-state index contributed by atoms with van der Waals surface area (Å²) in [7, 11) is -1.41. The first-order chi connectivity index (χ1) is 8.24. The van der Waals surface area contributed by atoms with Gasteiger partial charge in [-0.05, 0) is 31.0 Å². The normalized spacial score (nSPS) is 12.0. The van der Waals surface area contributed by atoms with Gasteiger partial charge in [0.15, 0.2) is 8.32 Å². The molecule has 0 aliphatic carbocycles. The van der Waals surface area contributed by atoms with Gasteiger partial charge in [-0.1, -0.05) is 62.4 Å². The Labute approximate surface area is 118 Å². The second-order valence-corrected chi connectivity index (χ2v) is 9.98. The summed E-state index contributed by atoms with van der Waals surface area (Å²) in [6.45, 7) is 7.80. The smallest absolute Gasteiger partial charge is 0.192 e. The van der Waals surface area contributed by atoms with E-state index in [4.69, 9.17) is 4.43 Å². The molecule has 0 N–H and O–H groups in total. The highest BCUT2D eigenvalue weighted by molar-refractivity contribution is 9.09. The van der Waals surface area contributed by atoms with E-state index in [0.717, 1.165) is 11.9 Å². The molecule has 0 amide bonds. The fourth-order valence-corrected chi connectivity index (χ4v) is 7.73. The van der Waals surface area contributed by atoms with Crippen molar-refractivity contribution in [2.24, 2.45) is 0 Å². The summed E-state index contributed by atoms with van der Waals surface area (Å²) in [5.74, 6) is 0. The Morgan fingerprint density at radius 3 is 1.76 bits per heavy atom. The third kappa shape index (κ3) is 8.39. The minimum atomic E-state index is -1.41. The van der Waals surface area contributed by atoms with E-state index in [1.54, 1.807) is 0 Å². The van der Waals surface area contributed by atoms with Crippen molar-refractivity contribution >= 4 is 24.2 Å². The van der Waals surface area contributed by atoms with Crippen molar-refractivity contribution in [1.29, 1.82) is 0 Å². The third-order valence-electron chi connectivity index (χ3n) is 3.35. The Morgan fingerprint density at radius 2 is 1.35 bits per heavy atom. The van der Waals surface area contributed by atoms with E-state index in [-0.39, 0.29) is 0 Å². The number of alkyl halides is 1. The van der Waals surface area contributed by atoms with Crippen molar-refractivity contribution in [1.82, 2.24) is 0 Å². The van der Waals surface area contributed by atoms with Crippen LogP contribution in [0.5, 0.6) is 0 Å². The van der Waals surface area contributed by atoms with E-state index in [9.17, 15) is 0 Å². The van der Waals surface area contributed by atoms with Gasteiger partial charge in [-0.2, -0.15) is 0 Å². The molecule has 0 saturated carbocycles. The summed E-state index contributed by atoms with van der Waals surface area (Å²) in [6, 6.07) is 4.13. The fourth-order valence-electron chi connectivity index (χ4n) is 2.30. The van der Waals surface area contributed by atoms with E-state index in [1.165, 1.54) is 56.7 Å². The van der Waals surface area contributed by atoms with E-state index < -0.39 is 8.32 Å². The van der Waals surface area contributed by atoms with Crippen LogP contribution in [0.25, 0.3) is 0 Å². The minimum absolute atomic E-state index is 0.988. The van der Waals surface area contributed by atoms with Gasteiger partial charge in [-0.15, -0.1) is 0 Å². The molecule has 104 valence electrons. The largest absolute Gasteiger partial charge is 0.417 e. The summed E-state index contributed by atoms with van der Waals surface area (Å²) < 4.78 is 6.40. The first kappa shape index (κ1) is 17.7. The maximum absolute atomic E-state index is 6.40. The average Bonchev–Trinajstić information content (AvgIpc) is 2.37. The zero-order valence-corrected chi connectivity index (χ0v) is 14.7. The molecule has 0 unspecified atom stereocenters. The molecule has 0 spiro atoms. The van der Waals surface area contributed by atoms with Gasteiger partial charge in [0.05, 0.1) is 0 Å². The molecule has 0 bridgehead atoms. The van der Waals surface area contributed by atoms with Crippen LogP contribution >= 0.6 is 15.9 Å². The zero-order chi connectivity index (χ0) is 13.0. The number of rotatable bonds is 12. The van der Waals surface area contributed by atoms with E-state index in [0.29, 0.717) is 0 Å². The molecular weight excluding hydrogens is 292 g/mol. The molecule has 17 heavy (non-hydrogen) atoms. The Bertz CT molecular complexity index is 127. The third-order valence-corrected chi connectivity index (χ3v) is 8.52. The molecule has 0 aromatic rings. The zero-order valence-electron chi connectivity index (χ0n) is 12.1. The SMILES string of the molecule is CCCC[Si](CCCC)(CCCBr)OCCC. The van der Waals surface area contributed by atoms with Gasteiger partial charge in [0, 0.05) is 11.9 Å². The predicted octanol–water partition coefficient (Wildman–Crippen LogP) is 5.74. The molecule has 0 aliphatic heterocycles. The van der Waals surface area contributed by atoms with Crippen LogP contribution in [0.1, 0.15) is 59.3 Å². The van der Waals surface area contributed by atoms with Crippen molar-refractivity contribution < 1.29 is 4.43 Å². The molecule has 0 atom stereocenters. The predicted molar refractivity (Wildman–Crippen MR) is 84.6 cm³/mol. The van der Waals surface area contributed by atoms with Crippen LogP contribution in [0, 0.1) is 0 Å². The Balaban J connectivity index is 4.39. The van der Waals surface area contributed by atoms with Crippen LogP contribution in [0.2, 0.25) is 18.1 Å². The Morgan fingerprint density at radius 1 is 0.824 bits per heavy atom. The molecule has 0 heterocycles. The molecular formula is C14H31BrOSi. The highest BCUT2D eigenvalue weighted by Gasteiger charge is 2.32. The van der Waals surface area contributed by atoms with Gasteiger partial charge in [0.25, 0.3) is 0 Å². The second kappa shape index (κ2) is 11.7. The molecule has 3 heteroatoms. The summed E-state index contributed by atoms with van der Waals surface area (Å²) >= 11 is 3.57. The Kier molecular flexibility index (Phi) is 12.2. The number of unbranched alkanes of at least 4 members (excludes halogenated alkanes) is 2. The van der Waals surface area contributed by atoms with Crippen molar-refractivity contribution in [2.45, 2.75) is 77.4 Å². The highest BCUT2D eigenvalue weighted by Crippen LogP contribution is 2.29. The number of halogens is 1. The van der Waals surface area contributed by atoms with Crippen LogP contribution in [-0.4, -0.2) is 20.3 Å². The molecule has 0 aromatic carbocycles. The van der Waals surface area contributed by atoms with Crippen molar-refractivity contribution in [2.75, 3.05) is 11.9 Å². The van der Waals surface area contributed by atoms with Crippen LogP contribution in [0.4, 0.5) is 0 Å². The molecule has 0 rings (SSSR count). The summed E-state index contributed by atoms with van der Waals surface area (Å²) in [4.78, 5) is 0. The first-order valence-electron chi connectivity index (χ1n) is 7.44.